The molecule has 0 fully saturated rings. The van der Waals surface area contributed by atoms with E-state index in [1.807, 2.05) is 6.07 Å². The highest BCUT2D eigenvalue weighted by atomic mass is 16.5. The molecule has 2 heterocycles. The van der Waals surface area contributed by atoms with Gasteiger partial charge in [-0.15, -0.1) is 0 Å². The predicted molar refractivity (Wildman–Crippen MR) is 55.5 cm³/mol. The van der Waals surface area contributed by atoms with Gasteiger partial charge in [-0.1, -0.05) is 0 Å². The third-order valence-electron chi connectivity index (χ3n) is 2.51. The van der Waals surface area contributed by atoms with Gasteiger partial charge < -0.3 is 5.21 Å². The molecule has 4 nitrogen and oxygen atoms in total. The maximum atomic E-state index is 11.3. The number of hydrogen-bond acceptors (Lipinski definition) is 2. The van der Waals surface area contributed by atoms with Gasteiger partial charge in [0.15, 0.2) is 11.1 Å². The fourth-order valence-electron chi connectivity index (χ4n) is 1.79. The number of aromatic nitrogens is 2. The van der Waals surface area contributed by atoms with Crippen LogP contribution in [0.25, 0.3) is 16.9 Å². The van der Waals surface area contributed by atoms with Gasteiger partial charge in [-0.05, 0) is 29.8 Å². The van der Waals surface area contributed by atoms with Gasteiger partial charge in [-0.25, -0.2) is 0 Å². The molecule has 74 valence electrons. The van der Waals surface area contributed by atoms with E-state index < -0.39 is 0 Å². The predicted octanol–water partition coefficient (Wildman–Crippen LogP) is 1.44. The van der Waals surface area contributed by atoms with Gasteiger partial charge in [0.2, 0.25) is 0 Å². The molecule has 0 bridgehead atoms. The maximum absolute atomic E-state index is 11.3. The standard InChI is InChI=1S/C11H8N2O2/c14-9-3-1-8-2-4-11-12(10(8)7-9)5-6-13(11)15/h1-7,15H. The number of pyridine rings is 1. The van der Waals surface area contributed by atoms with E-state index in [0.717, 1.165) is 16.0 Å². The Balaban J connectivity index is 2.58. The van der Waals surface area contributed by atoms with E-state index in [-0.39, 0.29) is 5.43 Å². The number of nitrogens with zero attached hydrogens (tertiary/aromatic N) is 2. The number of benzene rings is 1. The zero-order chi connectivity index (χ0) is 10.4. The lowest BCUT2D eigenvalue weighted by atomic mass is 10.1. The summed E-state index contributed by atoms with van der Waals surface area (Å²) in [5.41, 5.74) is 2.37. The van der Waals surface area contributed by atoms with E-state index in [9.17, 15) is 10.0 Å². The van der Waals surface area contributed by atoms with Crippen molar-refractivity contribution in [1.29, 1.82) is 0 Å². The fourth-order valence-corrected chi connectivity index (χ4v) is 1.79. The normalized spacial score (nSPS) is 11.2. The topological polar surface area (TPSA) is 46.6 Å². The molecule has 0 amide bonds. The Morgan fingerprint density at radius 2 is 1.87 bits per heavy atom. The van der Waals surface area contributed by atoms with E-state index in [2.05, 4.69) is 0 Å². The molecule has 0 aromatic carbocycles. The first-order valence-corrected chi connectivity index (χ1v) is 4.57. The van der Waals surface area contributed by atoms with Crippen LogP contribution in [0.15, 0.2) is 47.5 Å². The molecule has 0 unspecified atom stereocenters. The molecule has 0 radical (unpaired) electrons. The van der Waals surface area contributed by atoms with Crippen molar-refractivity contribution in [3.05, 3.63) is 52.9 Å². The van der Waals surface area contributed by atoms with E-state index in [0.29, 0.717) is 5.65 Å². The molecule has 4 heteroatoms. The molecule has 15 heavy (non-hydrogen) atoms. The summed E-state index contributed by atoms with van der Waals surface area (Å²) < 4.78 is 2.80. The molecule has 2 aliphatic rings. The van der Waals surface area contributed by atoms with Gasteiger partial charge in [0, 0.05) is 12.3 Å². The summed E-state index contributed by atoms with van der Waals surface area (Å²) in [5.74, 6) is 0. The van der Waals surface area contributed by atoms with Crippen molar-refractivity contribution in [1.82, 2.24) is 9.13 Å². The monoisotopic (exact) mass is 200 g/mol. The lowest BCUT2D eigenvalue weighted by Crippen LogP contribution is -2.02. The van der Waals surface area contributed by atoms with Crippen LogP contribution in [0.3, 0.4) is 0 Å². The lowest BCUT2D eigenvalue weighted by Gasteiger charge is -2.07. The Labute approximate surface area is 84.9 Å². The SMILES string of the molecule is O=c1ccc2ccc3n(O)ccn3c-2c1. The lowest BCUT2D eigenvalue weighted by molar-refractivity contribution is 0.198. The van der Waals surface area contributed by atoms with Crippen molar-refractivity contribution in [2.45, 2.75) is 0 Å². The number of imidazole rings is 1. The van der Waals surface area contributed by atoms with Crippen LogP contribution in [0.1, 0.15) is 0 Å². The van der Waals surface area contributed by atoms with Crippen LogP contribution in [-0.4, -0.2) is 14.3 Å². The van der Waals surface area contributed by atoms with Crippen LogP contribution in [0.2, 0.25) is 0 Å². The van der Waals surface area contributed by atoms with E-state index in [1.54, 1.807) is 28.8 Å². The number of fused-ring (bicyclic) bond motifs is 3. The zero-order valence-electron chi connectivity index (χ0n) is 7.79. The van der Waals surface area contributed by atoms with Gasteiger partial charge in [-0.2, -0.15) is 4.73 Å². The van der Waals surface area contributed by atoms with Gasteiger partial charge in [0.25, 0.3) is 0 Å². The molecular weight excluding hydrogens is 192 g/mol. The Hall–Kier alpha value is -2.23. The van der Waals surface area contributed by atoms with E-state index >= 15 is 0 Å². The van der Waals surface area contributed by atoms with Crippen molar-refractivity contribution in [3.8, 4) is 11.3 Å². The largest absolute Gasteiger partial charge is 0.427 e. The van der Waals surface area contributed by atoms with Crippen molar-refractivity contribution >= 4 is 5.65 Å². The minimum atomic E-state index is -0.0341. The molecule has 0 atom stereocenters. The zero-order valence-corrected chi connectivity index (χ0v) is 7.79. The van der Waals surface area contributed by atoms with Gasteiger partial charge in [-0.3, -0.25) is 9.20 Å². The minimum absolute atomic E-state index is 0.0341. The molecule has 0 spiro atoms. The summed E-state index contributed by atoms with van der Waals surface area (Å²) in [6, 6.07) is 8.54. The summed E-state index contributed by atoms with van der Waals surface area (Å²) in [5, 5.41) is 9.46. The smallest absolute Gasteiger partial charge is 0.180 e. The first-order chi connectivity index (χ1) is 7.25. The Morgan fingerprint density at radius 1 is 1.07 bits per heavy atom. The highest BCUT2D eigenvalue weighted by Gasteiger charge is 2.07. The Kier molecular flexibility index (Phi) is 1.42. The van der Waals surface area contributed by atoms with Crippen LogP contribution < -0.4 is 5.43 Å². The summed E-state index contributed by atoms with van der Waals surface area (Å²) in [6.07, 6.45) is 3.25. The maximum Gasteiger partial charge on any atom is 0.180 e. The van der Waals surface area contributed by atoms with Crippen molar-refractivity contribution in [3.63, 3.8) is 0 Å². The van der Waals surface area contributed by atoms with E-state index in [1.165, 1.54) is 12.3 Å². The van der Waals surface area contributed by atoms with Crippen LogP contribution in [-0.2, 0) is 0 Å². The molecular formula is C11H8N2O2. The highest BCUT2D eigenvalue weighted by Crippen LogP contribution is 2.21. The summed E-state index contributed by atoms with van der Waals surface area (Å²) in [7, 11) is 0. The molecule has 0 saturated carbocycles. The average molecular weight is 200 g/mol. The summed E-state index contributed by atoms with van der Waals surface area (Å²) in [6.45, 7) is 0. The van der Waals surface area contributed by atoms with Gasteiger partial charge >= 0.3 is 0 Å². The molecule has 3 rings (SSSR count). The van der Waals surface area contributed by atoms with Crippen LogP contribution >= 0.6 is 0 Å². The quantitative estimate of drug-likeness (QED) is 0.558. The number of hydrogen-bond donors (Lipinski definition) is 1. The molecule has 0 saturated heterocycles. The van der Waals surface area contributed by atoms with E-state index in [4.69, 9.17) is 0 Å². The summed E-state index contributed by atoms with van der Waals surface area (Å²) >= 11 is 0. The molecule has 1 aliphatic carbocycles. The second kappa shape index (κ2) is 2.63. The Morgan fingerprint density at radius 3 is 2.73 bits per heavy atom. The van der Waals surface area contributed by atoms with Crippen LogP contribution in [0.5, 0.6) is 0 Å². The van der Waals surface area contributed by atoms with Gasteiger partial charge in [0.05, 0.1) is 11.9 Å². The summed E-state index contributed by atoms with van der Waals surface area (Å²) in [4.78, 5) is 11.3. The highest BCUT2D eigenvalue weighted by molar-refractivity contribution is 5.66. The number of rotatable bonds is 0. The molecule has 1 N–H and O–H groups in total. The van der Waals surface area contributed by atoms with Gasteiger partial charge in [0.1, 0.15) is 0 Å². The first kappa shape index (κ1) is 8.11. The molecule has 1 aliphatic heterocycles. The average Bonchev–Trinajstić information content (AvgIpc) is 2.61. The van der Waals surface area contributed by atoms with Crippen molar-refractivity contribution in [2.75, 3.05) is 0 Å². The fraction of sp³-hybridized carbons (Fsp3) is 0. The van der Waals surface area contributed by atoms with Crippen molar-refractivity contribution < 1.29 is 5.21 Å². The molecule has 1 aromatic rings. The Bertz CT molecular complexity index is 666. The minimum Gasteiger partial charge on any atom is -0.427 e. The van der Waals surface area contributed by atoms with Crippen molar-refractivity contribution in [2.24, 2.45) is 0 Å². The third-order valence-corrected chi connectivity index (χ3v) is 2.51. The van der Waals surface area contributed by atoms with Crippen LogP contribution in [0, 0.1) is 0 Å². The second-order valence-electron chi connectivity index (χ2n) is 3.42. The second-order valence-corrected chi connectivity index (χ2v) is 3.42. The third kappa shape index (κ3) is 1.05. The first-order valence-electron chi connectivity index (χ1n) is 4.57. The van der Waals surface area contributed by atoms with Crippen LogP contribution in [0.4, 0.5) is 0 Å². The molecule has 1 aromatic heterocycles.